The van der Waals surface area contributed by atoms with Crippen LogP contribution < -0.4 is 10.1 Å². The molecule has 118 valence electrons. The van der Waals surface area contributed by atoms with E-state index in [0.717, 1.165) is 45.1 Å². The van der Waals surface area contributed by atoms with Gasteiger partial charge in [-0.15, -0.1) is 0 Å². The first kappa shape index (κ1) is 16.3. The molecule has 1 aliphatic heterocycles. The van der Waals surface area contributed by atoms with Crippen LogP contribution in [-0.4, -0.2) is 50.9 Å². The molecule has 4 nitrogen and oxygen atoms in total. The molecule has 1 heterocycles. The van der Waals surface area contributed by atoms with E-state index in [1.165, 1.54) is 18.4 Å². The van der Waals surface area contributed by atoms with Gasteiger partial charge < -0.3 is 14.8 Å². The van der Waals surface area contributed by atoms with E-state index in [1.807, 2.05) is 6.07 Å². The van der Waals surface area contributed by atoms with Crippen LogP contribution in [0.15, 0.2) is 24.3 Å². The van der Waals surface area contributed by atoms with E-state index in [4.69, 9.17) is 9.47 Å². The minimum atomic E-state index is 0.391. The molecule has 1 N–H and O–H groups in total. The summed E-state index contributed by atoms with van der Waals surface area (Å²) in [5.74, 6) is 0.964. The standard InChI is InChI=1S/C17H28N2O2/c1-3-18-13-15-6-4-7-16(12-15)21-11-10-19-9-5-8-17(14-19)20-2/h4,6-7,12,17-18H,3,5,8-11,13-14H2,1-2H3. The third-order valence-corrected chi connectivity index (χ3v) is 3.95. The molecular weight excluding hydrogens is 264 g/mol. The number of ether oxygens (including phenoxy) is 2. The molecule has 0 spiro atoms. The van der Waals surface area contributed by atoms with Crippen LogP contribution in [0.5, 0.6) is 5.75 Å². The maximum Gasteiger partial charge on any atom is 0.119 e. The fraction of sp³-hybridized carbons (Fsp3) is 0.647. The lowest BCUT2D eigenvalue weighted by atomic mass is 10.1. The molecular formula is C17H28N2O2. The number of rotatable bonds is 8. The average molecular weight is 292 g/mol. The zero-order valence-electron chi connectivity index (χ0n) is 13.3. The van der Waals surface area contributed by atoms with Crippen molar-refractivity contribution in [1.29, 1.82) is 0 Å². The molecule has 2 rings (SSSR count). The summed E-state index contributed by atoms with van der Waals surface area (Å²) in [7, 11) is 1.81. The van der Waals surface area contributed by atoms with E-state index < -0.39 is 0 Å². The Balaban J connectivity index is 1.72. The molecule has 0 saturated carbocycles. The smallest absolute Gasteiger partial charge is 0.119 e. The van der Waals surface area contributed by atoms with E-state index in [1.54, 1.807) is 7.11 Å². The molecule has 1 aliphatic rings. The Morgan fingerprint density at radius 2 is 2.29 bits per heavy atom. The van der Waals surface area contributed by atoms with Crippen molar-refractivity contribution in [2.24, 2.45) is 0 Å². The maximum atomic E-state index is 5.89. The Kier molecular flexibility index (Phi) is 7.00. The number of nitrogens with zero attached hydrogens (tertiary/aromatic N) is 1. The molecule has 1 aromatic rings. The molecule has 0 aliphatic carbocycles. The Hall–Kier alpha value is -1.10. The third-order valence-electron chi connectivity index (χ3n) is 3.95. The minimum Gasteiger partial charge on any atom is -0.492 e. The van der Waals surface area contributed by atoms with Gasteiger partial charge in [-0.2, -0.15) is 0 Å². The number of benzene rings is 1. The molecule has 1 atom stereocenters. The van der Waals surface area contributed by atoms with Crippen LogP contribution in [0.25, 0.3) is 0 Å². The monoisotopic (exact) mass is 292 g/mol. The molecule has 0 radical (unpaired) electrons. The first-order valence-electron chi connectivity index (χ1n) is 7.99. The van der Waals surface area contributed by atoms with Gasteiger partial charge in [0.15, 0.2) is 0 Å². The SMILES string of the molecule is CCNCc1cccc(OCCN2CCCC(OC)C2)c1. The first-order chi connectivity index (χ1) is 10.3. The van der Waals surface area contributed by atoms with Crippen molar-refractivity contribution in [1.82, 2.24) is 10.2 Å². The zero-order valence-corrected chi connectivity index (χ0v) is 13.3. The highest BCUT2D eigenvalue weighted by Gasteiger charge is 2.18. The van der Waals surface area contributed by atoms with Crippen molar-refractivity contribution in [3.63, 3.8) is 0 Å². The van der Waals surface area contributed by atoms with Gasteiger partial charge in [-0.1, -0.05) is 19.1 Å². The molecule has 1 unspecified atom stereocenters. The summed E-state index contributed by atoms with van der Waals surface area (Å²) < 4.78 is 11.3. The molecule has 1 aromatic carbocycles. The van der Waals surface area contributed by atoms with E-state index in [9.17, 15) is 0 Å². The molecule has 0 amide bonds. The second-order valence-electron chi connectivity index (χ2n) is 5.58. The molecule has 1 fully saturated rings. The fourth-order valence-electron chi connectivity index (χ4n) is 2.72. The van der Waals surface area contributed by atoms with Crippen LogP contribution in [0, 0.1) is 0 Å². The number of hydrogen-bond donors (Lipinski definition) is 1. The maximum absolute atomic E-state index is 5.89. The second-order valence-corrected chi connectivity index (χ2v) is 5.58. The Labute approximate surface area is 128 Å². The summed E-state index contributed by atoms with van der Waals surface area (Å²) in [6.45, 7) is 7.89. The van der Waals surface area contributed by atoms with Gasteiger partial charge in [-0.3, -0.25) is 4.90 Å². The highest BCUT2D eigenvalue weighted by Crippen LogP contribution is 2.15. The van der Waals surface area contributed by atoms with Crippen molar-refractivity contribution in [2.45, 2.75) is 32.4 Å². The number of likely N-dealkylation sites (tertiary alicyclic amines) is 1. The first-order valence-corrected chi connectivity index (χ1v) is 7.99. The van der Waals surface area contributed by atoms with Gasteiger partial charge in [0.05, 0.1) is 6.10 Å². The molecule has 21 heavy (non-hydrogen) atoms. The lowest BCUT2D eigenvalue weighted by molar-refractivity contribution is 0.0272. The number of hydrogen-bond acceptors (Lipinski definition) is 4. The second kappa shape index (κ2) is 9.03. The summed E-state index contributed by atoms with van der Waals surface area (Å²) in [5, 5.41) is 3.33. The summed E-state index contributed by atoms with van der Waals surface area (Å²) in [5.41, 5.74) is 1.27. The summed E-state index contributed by atoms with van der Waals surface area (Å²) in [4.78, 5) is 2.43. The predicted molar refractivity (Wildman–Crippen MR) is 85.8 cm³/mol. The van der Waals surface area contributed by atoms with Crippen molar-refractivity contribution in [3.8, 4) is 5.75 Å². The Morgan fingerprint density at radius 1 is 1.38 bits per heavy atom. The largest absolute Gasteiger partial charge is 0.492 e. The molecule has 4 heteroatoms. The number of methoxy groups -OCH3 is 1. The van der Waals surface area contributed by atoms with E-state index in [2.05, 4.69) is 35.3 Å². The number of piperidine rings is 1. The lowest BCUT2D eigenvalue weighted by Gasteiger charge is -2.31. The van der Waals surface area contributed by atoms with Gasteiger partial charge in [0.1, 0.15) is 12.4 Å². The van der Waals surface area contributed by atoms with Gasteiger partial charge in [0.25, 0.3) is 0 Å². The molecule has 0 bridgehead atoms. The van der Waals surface area contributed by atoms with Crippen LogP contribution in [0.2, 0.25) is 0 Å². The van der Waals surface area contributed by atoms with Crippen molar-refractivity contribution in [2.75, 3.05) is 39.9 Å². The van der Waals surface area contributed by atoms with Gasteiger partial charge in [0, 0.05) is 26.7 Å². The van der Waals surface area contributed by atoms with Crippen LogP contribution in [0.4, 0.5) is 0 Å². The summed E-state index contributed by atoms with van der Waals surface area (Å²) >= 11 is 0. The zero-order chi connectivity index (χ0) is 14.9. The van der Waals surface area contributed by atoms with Gasteiger partial charge in [-0.05, 0) is 43.6 Å². The molecule has 0 aromatic heterocycles. The van der Waals surface area contributed by atoms with Crippen LogP contribution in [0.1, 0.15) is 25.3 Å². The van der Waals surface area contributed by atoms with Crippen LogP contribution in [0.3, 0.4) is 0 Å². The van der Waals surface area contributed by atoms with E-state index in [-0.39, 0.29) is 0 Å². The van der Waals surface area contributed by atoms with Crippen LogP contribution in [-0.2, 0) is 11.3 Å². The van der Waals surface area contributed by atoms with Crippen molar-refractivity contribution >= 4 is 0 Å². The average Bonchev–Trinajstić information content (AvgIpc) is 2.53. The summed E-state index contributed by atoms with van der Waals surface area (Å²) in [6.07, 6.45) is 2.79. The van der Waals surface area contributed by atoms with Crippen molar-refractivity contribution < 1.29 is 9.47 Å². The van der Waals surface area contributed by atoms with Crippen LogP contribution >= 0.6 is 0 Å². The quantitative estimate of drug-likeness (QED) is 0.797. The third kappa shape index (κ3) is 5.65. The highest BCUT2D eigenvalue weighted by molar-refractivity contribution is 5.28. The Bertz CT molecular complexity index is 412. The lowest BCUT2D eigenvalue weighted by Crippen LogP contribution is -2.41. The highest BCUT2D eigenvalue weighted by atomic mass is 16.5. The van der Waals surface area contributed by atoms with E-state index >= 15 is 0 Å². The Morgan fingerprint density at radius 3 is 3.10 bits per heavy atom. The van der Waals surface area contributed by atoms with Crippen molar-refractivity contribution in [3.05, 3.63) is 29.8 Å². The minimum absolute atomic E-state index is 0.391. The van der Waals surface area contributed by atoms with E-state index in [0.29, 0.717) is 6.10 Å². The van der Waals surface area contributed by atoms with Gasteiger partial charge >= 0.3 is 0 Å². The number of nitrogens with one attached hydrogen (secondary N) is 1. The fourth-order valence-corrected chi connectivity index (χ4v) is 2.72. The summed E-state index contributed by atoms with van der Waals surface area (Å²) in [6, 6.07) is 8.34. The van der Waals surface area contributed by atoms with Gasteiger partial charge in [-0.25, -0.2) is 0 Å². The molecule has 1 saturated heterocycles. The van der Waals surface area contributed by atoms with Gasteiger partial charge in [0.2, 0.25) is 0 Å². The normalized spacial score (nSPS) is 19.6. The predicted octanol–water partition coefficient (Wildman–Crippen LogP) is 2.29. The topological polar surface area (TPSA) is 33.7 Å².